The van der Waals surface area contributed by atoms with E-state index in [-0.39, 0.29) is 31.2 Å². The normalized spacial score (nSPS) is 25.3. The number of para-hydroxylation sites is 1. The number of urea groups is 1. The molecule has 242 valence electrons. The highest BCUT2D eigenvalue weighted by Crippen LogP contribution is 2.40. The number of nitrogens with zero attached hydrogens (tertiary/aromatic N) is 4. The second-order valence-electron chi connectivity index (χ2n) is 13.5. The number of aldehydes is 1. The van der Waals surface area contributed by atoms with Crippen LogP contribution in [0.15, 0.2) is 42.5 Å². The van der Waals surface area contributed by atoms with Crippen molar-refractivity contribution >= 4 is 24.1 Å². The van der Waals surface area contributed by atoms with Crippen LogP contribution in [-0.4, -0.2) is 95.0 Å². The van der Waals surface area contributed by atoms with Crippen molar-refractivity contribution in [2.75, 3.05) is 44.6 Å². The van der Waals surface area contributed by atoms with Gasteiger partial charge in [0.05, 0.1) is 0 Å². The lowest BCUT2D eigenvalue weighted by Crippen LogP contribution is -2.70. The molecule has 3 saturated heterocycles. The third-order valence-corrected chi connectivity index (χ3v) is 10.6. The predicted molar refractivity (Wildman–Crippen MR) is 175 cm³/mol. The zero-order valence-corrected chi connectivity index (χ0v) is 27.0. The first kappa shape index (κ1) is 31.5. The molecular weight excluding hydrogens is 566 g/mol. The number of anilines is 1. The summed E-state index contributed by atoms with van der Waals surface area (Å²) in [5.41, 5.74) is 4.35. The number of aryl methyl sites for hydroxylation is 2. The molecular formula is C36H49N5O4. The highest BCUT2D eigenvalue weighted by atomic mass is 16.6. The third kappa shape index (κ3) is 6.89. The number of carbonyl (C=O) groups excluding carboxylic acids is 3. The maximum absolute atomic E-state index is 14.0. The Morgan fingerprint density at radius 1 is 0.933 bits per heavy atom. The van der Waals surface area contributed by atoms with E-state index in [1.807, 2.05) is 54.0 Å². The van der Waals surface area contributed by atoms with Crippen LogP contribution in [0.2, 0.25) is 0 Å². The fourth-order valence-electron chi connectivity index (χ4n) is 8.40. The molecule has 0 bridgehead atoms. The van der Waals surface area contributed by atoms with E-state index in [0.29, 0.717) is 32.0 Å². The summed E-state index contributed by atoms with van der Waals surface area (Å²) in [6.45, 7) is 9.23. The Balaban J connectivity index is 1.24. The molecule has 4 aliphatic heterocycles. The number of carbonyl (C=O) groups is 3. The first-order chi connectivity index (χ1) is 21.9. The second kappa shape index (κ2) is 13.9. The van der Waals surface area contributed by atoms with Crippen LogP contribution >= 0.6 is 0 Å². The van der Waals surface area contributed by atoms with Gasteiger partial charge < -0.3 is 24.6 Å². The third-order valence-electron chi connectivity index (χ3n) is 10.6. The molecule has 0 aliphatic carbocycles. The summed E-state index contributed by atoms with van der Waals surface area (Å²) in [5, 5.41) is 3.13. The SMILES string of the molecule is Cc1cc(C)cc(COC(=O)N2CC[C@@H](N3CCc4ccccc4NC3=O)C[C@@]2(CC=O)N2CCC(N3CCCCC3)CC2)c1. The first-order valence-corrected chi connectivity index (χ1v) is 17.0. The molecule has 0 aromatic heterocycles. The minimum atomic E-state index is -0.851. The highest BCUT2D eigenvalue weighted by Gasteiger charge is 2.52. The van der Waals surface area contributed by atoms with Crippen molar-refractivity contribution in [1.82, 2.24) is 19.6 Å². The lowest BCUT2D eigenvalue weighted by Gasteiger charge is -2.57. The maximum atomic E-state index is 14.0. The van der Waals surface area contributed by atoms with Gasteiger partial charge in [0, 0.05) is 56.8 Å². The molecule has 0 unspecified atom stereocenters. The van der Waals surface area contributed by atoms with Crippen molar-refractivity contribution in [2.45, 2.75) is 96.0 Å². The Morgan fingerprint density at radius 2 is 1.64 bits per heavy atom. The van der Waals surface area contributed by atoms with Gasteiger partial charge in [-0.3, -0.25) is 9.80 Å². The quantitative estimate of drug-likeness (QED) is 0.401. The standard InChI is InChI=1S/C36H49N5O4/c1-27-22-28(2)24-29(23-27)26-45-35(44)41-20-13-32(40-19-10-30-8-4-5-9-33(30)37-34(40)43)25-36(41,14-21-42)39-17-11-31(12-18-39)38-15-6-3-7-16-38/h4-5,8-9,21-24,31-32H,3,6-7,10-20,25-26H2,1-2H3,(H,37,43)/t32-,36+/m1/s1. The molecule has 0 spiro atoms. The smallest absolute Gasteiger partial charge is 0.411 e. The van der Waals surface area contributed by atoms with Crippen LogP contribution in [0, 0.1) is 13.8 Å². The molecule has 1 N–H and O–H groups in total. The average molecular weight is 616 g/mol. The topological polar surface area (TPSA) is 85.4 Å². The van der Waals surface area contributed by atoms with Crippen LogP contribution in [0.25, 0.3) is 0 Å². The summed E-state index contributed by atoms with van der Waals surface area (Å²) in [6, 6.07) is 14.5. The summed E-state index contributed by atoms with van der Waals surface area (Å²) in [6.07, 6.45) is 8.52. The number of hydrogen-bond donors (Lipinski definition) is 1. The molecule has 45 heavy (non-hydrogen) atoms. The lowest BCUT2D eigenvalue weighted by atomic mass is 9.84. The predicted octanol–water partition coefficient (Wildman–Crippen LogP) is 5.73. The van der Waals surface area contributed by atoms with Crippen LogP contribution in [0.5, 0.6) is 0 Å². The van der Waals surface area contributed by atoms with E-state index < -0.39 is 5.66 Å². The molecule has 2 aromatic rings. The van der Waals surface area contributed by atoms with Gasteiger partial charge in [-0.05, 0) is 82.7 Å². The van der Waals surface area contributed by atoms with Crippen LogP contribution in [0.4, 0.5) is 15.3 Å². The molecule has 9 heteroatoms. The molecule has 3 fully saturated rings. The van der Waals surface area contributed by atoms with Gasteiger partial charge in [-0.25, -0.2) is 9.59 Å². The van der Waals surface area contributed by atoms with E-state index >= 15 is 0 Å². The van der Waals surface area contributed by atoms with Crippen molar-refractivity contribution in [2.24, 2.45) is 0 Å². The maximum Gasteiger partial charge on any atom is 0.411 e. The number of hydrogen-bond acceptors (Lipinski definition) is 6. The Hall–Kier alpha value is -3.43. The molecule has 6 rings (SSSR count). The summed E-state index contributed by atoms with van der Waals surface area (Å²) in [5.74, 6) is 0. The van der Waals surface area contributed by atoms with Crippen molar-refractivity contribution < 1.29 is 19.1 Å². The Kier molecular flexibility index (Phi) is 9.75. The van der Waals surface area contributed by atoms with Gasteiger partial charge in [0.15, 0.2) is 0 Å². The zero-order valence-electron chi connectivity index (χ0n) is 27.0. The number of rotatable bonds is 7. The first-order valence-electron chi connectivity index (χ1n) is 17.0. The summed E-state index contributed by atoms with van der Waals surface area (Å²) in [4.78, 5) is 48.9. The number of amides is 3. The summed E-state index contributed by atoms with van der Waals surface area (Å²) < 4.78 is 5.99. The van der Waals surface area contributed by atoms with E-state index in [1.165, 1.54) is 19.3 Å². The minimum Gasteiger partial charge on any atom is -0.445 e. The van der Waals surface area contributed by atoms with Crippen LogP contribution in [0.1, 0.15) is 73.6 Å². The molecule has 2 atom stereocenters. The van der Waals surface area contributed by atoms with E-state index in [9.17, 15) is 14.4 Å². The van der Waals surface area contributed by atoms with Gasteiger partial charge in [-0.15, -0.1) is 0 Å². The zero-order chi connectivity index (χ0) is 31.4. The molecule has 9 nitrogen and oxygen atoms in total. The van der Waals surface area contributed by atoms with E-state index in [4.69, 9.17) is 4.74 Å². The molecule has 0 saturated carbocycles. The van der Waals surface area contributed by atoms with Gasteiger partial charge in [0.1, 0.15) is 18.6 Å². The number of piperidine rings is 3. The van der Waals surface area contributed by atoms with Crippen molar-refractivity contribution in [1.29, 1.82) is 0 Å². The molecule has 0 radical (unpaired) electrons. The van der Waals surface area contributed by atoms with Gasteiger partial charge in [0.25, 0.3) is 0 Å². The fraction of sp³-hybridized carbons (Fsp3) is 0.583. The van der Waals surface area contributed by atoms with E-state index in [1.54, 1.807) is 0 Å². The number of likely N-dealkylation sites (tertiary alicyclic amines) is 3. The monoisotopic (exact) mass is 615 g/mol. The Morgan fingerprint density at radius 3 is 2.38 bits per heavy atom. The number of nitrogens with one attached hydrogen (secondary N) is 1. The van der Waals surface area contributed by atoms with Crippen molar-refractivity contribution in [3.8, 4) is 0 Å². The van der Waals surface area contributed by atoms with Crippen LogP contribution in [-0.2, 0) is 22.6 Å². The number of fused-ring (bicyclic) bond motifs is 1. The summed E-state index contributed by atoms with van der Waals surface area (Å²) in [7, 11) is 0. The summed E-state index contributed by atoms with van der Waals surface area (Å²) >= 11 is 0. The average Bonchev–Trinajstić information content (AvgIpc) is 3.22. The Bertz CT molecular complexity index is 1350. The molecule has 4 heterocycles. The van der Waals surface area contributed by atoms with Gasteiger partial charge >= 0.3 is 12.1 Å². The number of benzene rings is 2. The largest absolute Gasteiger partial charge is 0.445 e. The van der Waals surface area contributed by atoms with Crippen molar-refractivity contribution in [3.63, 3.8) is 0 Å². The number of ether oxygens (including phenoxy) is 1. The fourth-order valence-corrected chi connectivity index (χ4v) is 8.40. The van der Waals surface area contributed by atoms with E-state index in [2.05, 4.69) is 27.2 Å². The Labute approximate surface area is 267 Å². The van der Waals surface area contributed by atoms with Gasteiger partial charge in [-0.1, -0.05) is 53.9 Å². The lowest BCUT2D eigenvalue weighted by molar-refractivity contribution is -0.128. The molecule has 4 aliphatic rings. The van der Waals surface area contributed by atoms with Crippen molar-refractivity contribution in [3.05, 3.63) is 64.7 Å². The molecule has 3 amide bonds. The molecule has 2 aromatic carbocycles. The van der Waals surface area contributed by atoms with Crippen LogP contribution in [0.3, 0.4) is 0 Å². The van der Waals surface area contributed by atoms with E-state index in [0.717, 1.165) is 79.7 Å². The van der Waals surface area contributed by atoms with Crippen LogP contribution < -0.4 is 5.32 Å². The van der Waals surface area contributed by atoms with Gasteiger partial charge in [0.2, 0.25) is 0 Å². The minimum absolute atomic E-state index is 0.109. The second-order valence-corrected chi connectivity index (χ2v) is 13.5. The van der Waals surface area contributed by atoms with Gasteiger partial charge in [-0.2, -0.15) is 0 Å². The highest BCUT2D eigenvalue weighted by molar-refractivity contribution is 5.91.